The van der Waals surface area contributed by atoms with E-state index in [1.54, 1.807) is 0 Å². The lowest BCUT2D eigenvalue weighted by Gasteiger charge is -2.16. The highest BCUT2D eigenvalue weighted by Crippen LogP contribution is 2.33. The standard InChI is InChI=1S/C14H19BrO3/c1-9-8-13(17-7-5-6-15)10(2)11(3)14(9)18-12(4)16/h8H,5-7H2,1-4H3. The average Bonchev–Trinajstić information content (AvgIpc) is 2.31. The molecule has 4 heteroatoms. The molecule has 0 bridgehead atoms. The average molecular weight is 315 g/mol. The molecule has 0 aliphatic rings. The summed E-state index contributed by atoms with van der Waals surface area (Å²) >= 11 is 3.37. The van der Waals surface area contributed by atoms with E-state index < -0.39 is 0 Å². The highest BCUT2D eigenvalue weighted by atomic mass is 79.9. The Bertz CT molecular complexity index is 441. The summed E-state index contributed by atoms with van der Waals surface area (Å²) in [6, 6.07) is 1.93. The molecule has 18 heavy (non-hydrogen) atoms. The molecule has 3 nitrogen and oxygen atoms in total. The van der Waals surface area contributed by atoms with Gasteiger partial charge in [0.25, 0.3) is 0 Å². The molecular formula is C14H19BrO3. The molecule has 0 fully saturated rings. The van der Waals surface area contributed by atoms with Crippen LogP contribution >= 0.6 is 15.9 Å². The first kappa shape index (κ1) is 15.0. The Labute approximate surface area is 117 Å². The van der Waals surface area contributed by atoms with E-state index in [4.69, 9.17) is 9.47 Å². The number of ether oxygens (including phenoxy) is 2. The van der Waals surface area contributed by atoms with Gasteiger partial charge in [-0.2, -0.15) is 0 Å². The van der Waals surface area contributed by atoms with E-state index in [2.05, 4.69) is 15.9 Å². The first-order valence-corrected chi connectivity index (χ1v) is 7.07. The largest absolute Gasteiger partial charge is 0.493 e. The van der Waals surface area contributed by atoms with Crippen molar-refractivity contribution in [3.05, 3.63) is 22.8 Å². The molecule has 0 radical (unpaired) electrons. The lowest BCUT2D eigenvalue weighted by Crippen LogP contribution is -2.07. The second-order valence-electron chi connectivity index (χ2n) is 4.26. The molecule has 0 heterocycles. The number of rotatable bonds is 5. The first-order chi connectivity index (χ1) is 8.47. The van der Waals surface area contributed by atoms with E-state index in [0.29, 0.717) is 12.4 Å². The van der Waals surface area contributed by atoms with Crippen LogP contribution in [0.4, 0.5) is 0 Å². The summed E-state index contributed by atoms with van der Waals surface area (Å²) in [5.41, 5.74) is 2.90. The van der Waals surface area contributed by atoms with Crippen LogP contribution in [-0.4, -0.2) is 17.9 Å². The van der Waals surface area contributed by atoms with E-state index in [-0.39, 0.29) is 5.97 Å². The fourth-order valence-corrected chi connectivity index (χ4v) is 1.94. The number of halogens is 1. The lowest BCUT2D eigenvalue weighted by atomic mass is 10.0. The maximum Gasteiger partial charge on any atom is 0.308 e. The minimum Gasteiger partial charge on any atom is -0.493 e. The molecule has 0 unspecified atom stereocenters. The van der Waals surface area contributed by atoms with Gasteiger partial charge in [-0.05, 0) is 49.9 Å². The predicted molar refractivity (Wildman–Crippen MR) is 75.9 cm³/mol. The Morgan fingerprint density at radius 3 is 2.50 bits per heavy atom. The number of esters is 1. The second-order valence-corrected chi connectivity index (χ2v) is 5.05. The monoisotopic (exact) mass is 314 g/mol. The molecule has 1 aromatic rings. The van der Waals surface area contributed by atoms with Gasteiger partial charge >= 0.3 is 5.97 Å². The zero-order chi connectivity index (χ0) is 13.7. The van der Waals surface area contributed by atoms with Crippen molar-refractivity contribution in [3.63, 3.8) is 0 Å². The molecule has 1 rings (SSSR count). The number of hydrogen-bond acceptors (Lipinski definition) is 3. The van der Waals surface area contributed by atoms with Crippen molar-refractivity contribution in [2.75, 3.05) is 11.9 Å². The van der Waals surface area contributed by atoms with Gasteiger partial charge in [0.15, 0.2) is 0 Å². The third kappa shape index (κ3) is 3.73. The first-order valence-electron chi connectivity index (χ1n) is 5.95. The van der Waals surface area contributed by atoms with Crippen molar-refractivity contribution >= 4 is 21.9 Å². The molecule has 0 amide bonds. The Morgan fingerprint density at radius 1 is 1.28 bits per heavy atom. The van der Waals surface area contributed by atoms with Crippen molar-refractivity contribution < 1.29 is 14.3 Å². The van der Waals surface area contributed by atoms with Gasteiger partial charge in [-0.15, -0.1) is 0 Å². The minimum atomic E-state index is -0.298. The molecule has 0 spiro atoms. The summed E-state index contributed by atoms with van der Waals surface area (Å²) in [4.78, 5) is 11.1. The fourth-order valence-electron chi connectivity index (χ4n) is 1.71. The smallest absolute Gasteiger partial charge is 0.308 e. The van der Waals surface area contributed by atoms with Gasteiger partial charge in [0.05, 0.1) is 6.61 Å². The van der Waals surface area contributed by atoms with Gasteiger partial charge < -0.3 is 9.47 Å². The molecule has 100 valence electrons. The van der Waals surface area contributed by atoms with Gasteiger partial charge in [0.2, 0.25) is 0 Å². The third-order valence-corrected chi connectivity index (χ3v) is 3.32. The fraction of sp³-hybridized carbons (Fsp3) is 0.500. The van der Waals surface area contributed by atoms with Crippen molar-refractivity contribution in [2.24, 2.45) is 0 Å². The minimum absolute atomic E-state index is 0.298. The van der Waals surface area contributed by atoms with E-state index in [0.717, 1.165) is 34.2 Å². The van der Waals surface area contributed by atoms with Crippen LogP contribution in [0.2, 0.25) is 0 Å². The molecule has 0 N–H and O–H groups in total. The quantitative estimate of drug-likeness (QED) is 0.360. The second kappa shape index (κ2) is 6.78. The van der Waals surface area contributed by atoms with Crippen LogP contribution in [0.25, 0.3) is 0 Å². The molecular weight excluding hydrogens is 296 g/mol. The Kier molecular flexibility index (Phi) is 5.66. The number of alkyl halides is 1. The summed E-state index contributed by atoms with van der Waals surface area (Å²) < 4.78 is 11.0. The summed E-state index contributed by atoms with van der Waals surface area (Å²) in [5, 5.41) is 0.926. The highest BCUT2D eigenvalue weighted by molar-refractivity contribution is 9.09. The van der Waals surface area contributed by atoms with Crippen LogP contribution in [0.3, 0.4) is 0 Å². The van der Waals surface area contributed by atoms with Gasteiger partial charge in [0, 0.05) is 12.3 Å². The maximum absolute atomic E-state index is 11.1. The zero-order valence-corrected chi connectivity index (χ0v) is 12.9. The molecule has 0 aromatic heterocycles. The Balaban J connectivity index is 3.00. The lowest BCUT2D eigenvalue weighted by molar-refractivity contribution is -0.131. The maximum atomic E-state index is 11.1. The molecule has 0 saturated carbocycles. The third-order valence-electron chi connectivity index (χ3n) is 2.76. The number of benzene rings is 1. The SMILES string of the molecule is CC(=O)Oc1c(C)cc(OCCCBr)c(C)c1C. The number of carbonyl (C=O) groups excluding carboxylic acids is 1. The highest BCUT2D eigenvalue weighted by Gasteiger charge is 2.13. The Morgan fingerprint density at radius 2 is 1.94 bits per heavy atom. The van der Waals surface area contributed by atoms with Crippen molar-refractivity contribution in [2.45, 2.75) is 34.1 Å². The summed E-state index contributed by atoms with van der Waals surface area (Å²) in [5.74, 6) is 1.21. The van der Waals surface area contributed by atoms with Crippen LogP contribution in [0.1, 0.15) is 30.0 Å². The van der Waals surface area contributed by atoms with E-state index in [1.807, 2.05) is 26.8 Å². The van der Waals surface area contributed by atoms with Crippen molar-refractivity contribution in [1.82, 2.24) is 0 Å². The van der Waals surface area contributed by atoms with Crippen LogP contribution < -0.4 is 9.47 Å². The van der Waals surface area contributed by atoms with Crippen molar-refractivity contribution in [3.8, 4) is 11.5 Å². The van der Waals surface area contributed by atoms with Gasteiger partial charge in [-0.1, -0.05) is 15.9 Å². The van der Waals surface area contributed by atoms with E-state index >= 15 is 0 Å². The van der Waals surface area contributed by atoms with Crippen LogP contribution in [0.15, 0.2) is 6.07 Å². The topological polar surface area (TPSA) is 35.5 Å². The normalized spacial score (nSPS) is 10.3. The molecule has 0 saturated heterocycles. The van der Waals surface area contributed by atoms with Crippen LogP contribution in [-0.2, 0) is 4.79 Å². The van der Waals surface area contributed by atoms with E-state index in [9.17, 15) is 4.79 Å². The van der Waals surface area contributed by atoms with Crippen molar-refractivity contribution in [1.29, 1.82) is 0 Å². The summed E-state index contributed by atoms with van der Waals surface area (Å²) in [7, 11) is 0. The zero-order valence-electron chi connectivity index (χ0n) is 11.3. The molecule has 0 aliphatic carbocycles. The van der Waals surface area contributed by atoms with Gasteiger partial charge in [-0.3, -0.25) is 4.79 Å². The molecule has 0 aliphatic heterocycles. The van der Waals surface area contributed by atoms with Gasteiger partial charge in [-0.25, -0.2) is 0 Å². The predicted octanol–water partition coefficient (Wildman–Crippen LogP) is 3.70. The summed E-state index contributed by atoms with van der Waals surface area (Å²) in [6.07, 6.45) is 0.962. The van der Waals surface area contributed by atoms with Crippen LogP contribution in [0, 0.1) is 20.8 Å². The van der Waals surface area contributed by atoms with Crippen LogP contribution in [0.5, 0.6) is 11.5 Å². The molecule has 1 aromatic carbocycles. The number of carbonyl (C=O) groups is 1. The number of aryl methyl sites for hydroxylation is 1. The number of hydrogen-bond donors (Lipinski definition) is 0. The van der Waals surface area contributed by atoms with E-state index in [1.165, 1.54) is 6.92 Å². The van der Waals surface area contributed by atoms with Gasteiger partial charge in [0.1, 0.15) is 11.5 Å². The molecule has 0 atom stereocenters. The Hall–Kier alpha value is -1.03. The summed E-state index contributed by atoms with van der Waals surface area (Å²) in [6.45, 7) is 7.93.